The number of amides is 2. The van der Waals surface area contributed by atoms with Crippen LogP contribution in [0.1, 0.15) is 58.2 Å². The molecule has 1 N–H and O–H groups in total. The maximum Gasteiger partial charge on any atom is 0.261 e. The highest BCUT2D eigenvalue weighted by atomic mass is 35.5. The van der Waals surface area contributed by atoms with Gasteiger partial charge in [-0.25, -0.2) is 0 Å². The van der Waals surface area contributed by atoms with Crippen LogP contribution in [0, 0.1) is 0 Å². The van der Waals surface area contributed by atoms with E-state index in [9.17, 15) is 9.59 Å². The molecule has 0 radical (unpaired) electrons. The van der Waals surface area contributed by atoms with Crippen molar-refractivity contribution in [3.8, 4) is 5.75 Å². The van der Waals surface area contributed by atoms with Gasteiger partial charge in [0.05, 0.1) is 0 Å². The van der Waals surface area contributed by atoms with E-state index in [4.69, 9.17) is 27.9 Å². The Kier molecular flexibility index (Phi) is 10.1. The maximum absolute atomic E-state index is 13.9. The van der Waals surface area contributed by atoms with Crippen molar-refractivity contribution in [2.45, 2.75) is 71.5 Å². The molecule has 3 aromatic carbocycles. The van der Waals surface area contributed by atoms with Crippen molar-refractivity contribution in [1.82, 2.24) is 10.2 Å². The minimum Gasteiger partial charge on any atom is -0.483 e. The summed E-state index contributed by atoms with van der Waals surface area (Å²) >= 11 is 12.6. The minimum atomic E-state index is -0.799. The van der Waals surface area contributed by atoms with Gasteiger partial charge in [-0.1, -0.05) is 98.6 Å². The summed E-state index contributed by atoms with van der Waals surface area (Å²) in [5.41, 5.74) is 1.97. The molecule has 3 rings (SSSR count). The van der Waals surface area contributed by atoms with Gasteiger partial charge in [-0.05, 0) is 61.1 Å². The molecule has 0 aliphatic rings. The summed E-state index contributed by atoms with van der Waals surface area (Å²) in [5.74, 6) is 0.0659. The Morgan fingerprint density at radius 2 is 1.54 bits per heavy atom. The summed E-state index contributed by atoms with van der Waals surface area (Å²) in [6.07, 6.45) is 0.332. The molecule has 1 atom stereocenters. The van der Waals surface area contributed by atoms with E-state index < -0.39 is 11.6 Å². The lowest BCUT2D eigenvalue weighted by Crippen LogP contribution is -2.55. The number of hydrogen-bond acceptors (Lipinski definition) is 3. The first-order chi connectivity index (χ1) is 18.2. The molecular formula is C32H38Cl2N2O3. The fourth-order valence-corrected chi connectivity index (χ4v) is 4.74. The standard InChI is InChI=1S/C32H38Cl2N2O3/c1-31(2,3)25-14-10-11-15-28(25)39-21-29(37)36(20-23-16-17-24(33)19-26(23)34)27(30(38)35-32(4,5)6)18-22-12-8-7-9-13-22/h7-17,19,27H,18,20-21H2,1-6H3,(H,35,38)/t27-/m1/s1. The highest BCUT2D eigenvalue weighted by Crippen LogP contribution is 2.31. The summed E-state index contributed by atoms with van der Waals surface area (Å²) in [6, 6.07) is 21.7. The second-order valence-electron chi connectivity index (χ2n) is 11.7. The van der Waals surface area contributed by atoms with Crippen molar-refractivity contribution < 1.29 is 14.3 Å². The van der Waals surface area contributed by atoms with E-state index in [-0.39, 0.29) is 30.4 Å². The molecule has 0 fully saturated rings. The van der Waals surface area contributed by atoms with Crippen LogP contribution in [0.2, 0.25) is 10.0 Å². The predicted molar refractivity (Wildman–Crippen MR) is 159 cm³/mol. The number of carbonyl (C=O) groups excluding carboxylic acids is 2. The van der Waals surface area contributed by atoms with Crippen LogP contribution in [0.4, 0.5) is 0 Å². The van der Waals surface area contributed by atoms with E-state index in [1.165, 1.54) is 0 Å². The van der Waals surface area contributed by atoms with Gasteiger partial charge in [0.1, 0.15) is 11.8 Å². The van der Waals surface area contributed by atoms with E-state index in [2.05, 4.69) is 26.1 Å². The molecule has 0 heterocycles. The smallest absolute Gasteiger partial charge is 0.261 e. The van der Waals surface area contributed by atoms with Crippen molar-refractivity contribution >= 4 is 35.0 Å². The van der Waals surface area contributed by atoms with Gasteiger partial charge in [0.25, 0.3) is 5.91 Å². The Bertz CT molecular complexity index is 1280. The number of nitrogens with one attached hydrogen (secondary N) is 1. The van der Waals surface area contributed by atoms with Gasteiger partial charge in [-0.15, -0.1) is 0 Å². The summed E-state index contributed by atoms with van der Waals surface area (Å²) in [6.45, 7) is 11.9. The lowest BCUT2D eigenvalue weighted by molar-refractivity contribution is -0.143. The van der Waals surface area contributed by atoms with Gasteiger partial charge in [-0.2, -0.15) is 0 Å². The van der Waals surface area contributed by atoms with Gasteiger partial charge in [0.15, 0.2) is 6.61 Å². The molecule has 208 valence electrons. The van der Waals surface area contributed by atoms with Crippen molar-refractivity contribution in [3.63, 3.8) is 0 Å². The van der Waals surface area contributed by atoms with Crippen LogP contribution in [0.15, 0.2) is 72.8 Å². The second-order valence-corrected chi connectivity index (χ2v) is 12.6. The first-order valence-corrected chi connectivity index (χ1v) is 13.8. The zero-order valence-corrected chi connectivity index (χ0v) is 25.1. The van der Waals surface area contributed by atoms with Crippen LogP contribution in [0.5, 0.6) is 5.75 Å². The topological polar surface area (TPSA) is 58.6 Å². The molecule has 0 unspecified atom stereocenters. The van der Waals surface area contributed by atoms with Gasteiger partial charge in [0, 0.05) is 28.5 Å². The summed E-state index contributed by atoms with van der Waals surface area (Å²) in [4.78, 5) is 29.2. The Balaban J connectivity index is 1.99. The number of hydrogen-bond donors (Lipinski definition) is 1. The van der Waals surface area contributed by atoms with Crippen LogP contribution in [0.3, 0.4) is 0 Å². The Hall–Kier alpha value is -3.02. The minimum absolute atomic E-state index is 0.119. The fourth-order valence-electron chi connectivity index (χ4n) is 4.27. The number of halogens is 2. The third-order valence-electron chi connectivity index (χ3n) is 6.17. The van der Waals surface area contributed by atoms with Crippen LogP contribution < -0.4 is 10.1 Å². The highest BCUT2D eigenvalue weighted by molar-refractivity contribution is 6.35. The Morgan fingerprint density at radius 3 is 2.15 bits per heavy atom. The summed E-state index contributed by atoms with van der Waals surface area (Å²) in [7, 11) is 0. The molecule has 0 aliphatic carbocycles. The number of carbonyl (C=O) groups is 2. The zero-order valence-electron chi connectivity index (χ0n) is 23.6. The molecule has 2 amide bonds. The monoisotopic (exact) mass is 568 g/mol. The van der Waals surface area contributed by atoms with E-state index in [1.807, 2.05) is 75.4 Å². The number of benzene rings is 3. The molecule has 0 saturated heterocycles. The number of para-hydroxylation sites is 1. The highest BCUT2D eigenvalue weighted by Gasteiger charge is 2.33. The normalized spacial score (nSPS) is 12.5. The molecule has 5 nitrogen and oxygen atoms in total. The molecule has 0 bridgehead atoms. The predicted octanol–water partition coefficient (Wildman–Crippen LogP) is 7.22. The summed E-state index contributed by atoms with van der Waals surface area (Å²) < 4.78 is 6.10. The average molecular weight is 570 g/mol. The summed E-state index contributed by atoms with van der Waals surface area (Å²) in [5, 5.41) is 3.98. The van der Waals surface area contributed by atoms with Crippen LogP contribution in [-0.2, 0) is 28.0 Å². The molecule has 0 aliphatic heterocycles. The number of ether oxygens (including phenoxy) is 1. The van der Waals surface area contributed by atoms with Crippen molar-refractivity contribution in [1.29, 1.82) is 0 Å². The Labute approximate surface area is 242 Å². The molecule has 39 heavy (non-hydrogen) atoms. The van der Waals surface area contributed by atoms with Crippen molar-refractivity contribution in [2.75, 3.05) is 6.61 Å². The third-order valence-corrected chi connectivity index (χ3v) is 6.76. The first kappa shape index (κ1) is 30.5. The van der Waals surface area contributed by atoms with Crippen molar-refractivity contribution in [2.24, 2.45) is 0 Å². The van der Waals surface area contributed by atoms with Crippen molar-refractivity contribution in [3.05, 3.63) is 99.5 Å². The van der Waals surface area contributed by atoms with E-state index in [1.54, 1.807) is 23.1 Å². The average Bonchev–Trinajstić information content (AvgIpc) is 2.85. The quantitative estimate of drug-likeness (QED) is 0.296. The second kappa shape index (κ2) is 12.9. The Morgan fingerprint density at radius 1 is 0.897 bits per heavy atom. The molecular weight excluding hydrogens is 531 g/mol. The SMILES string of the molecule is CC(C)(C)NC(=O)[C@@H](Cc1ccccc1)N(Cc1ccc(Cl)cc1Cl)C(=O)COc1ccccc1C(C)(C)C. The zero-order chi connectivity index (χ0) is 28.8. The maximum atomic E-state index is 13.9. The molecule has 0 aromatic heterocycles. The molecule has 0 spiro atoms. The fraction of sp³-hybridized carbons (Fsp3) is 0.375. The van der Waals surface area contributed by atoms with Gasteiger partial charge < -0.3 is 15.0 Å². The third kappa shape index (κ3) is 9.01. The van der Waals surface area contributed by atoms with Gasteiger partial charge in [-0.3, -0.25) is 9.59 Å². The first-order valence-electron chi connectivity index (χ1n) is 13.1. The van der Waals surface area contributed by atoms with Crippen LogP contribution >= 0.6 is 23.2 Å². The van der Waals surface area contributed by atoms with E-state index in [0.29, 0.717) is 27.8 Å². The largest absolute Gasteiger partial charge is 0.483 e. The molecule has 7 heteroatoms. The lowest BCUT2D eigenvalue weighted by Gasteiger charge is -2.34. The van der Waals surface area contributed by atoms with Gasteiger partial charge in [0.2, 0.25) is 5.91 Å². The number of rotatable bonds is 9. The molecule has 0 saturated carbocycles. The molecule has 3 aromatic rings. The van der Waals surface area contributed by atoms with E-state index >= 15 is 0 Å². The van der Waals surface area contributed by atoms with Crippen LogP contribution in [-0.4, -0.2) is 34.9 Å². The number of nitrogens with zero attached hydrogens (tertiary/aromatic N) is 1. The lowest BCUT2D eigenvalue weighted by atomic mass is 9.86. The van der Waals surface area contributed by atoms with Gasteiger partial charge >= 0.3 is 0 Å². The van der Waals surface area contributed by atoms with E-state index in [0.717, 1.165) is 11.1 Å². The van der Waals surface area contributed by atoms with Crippen LogP contribution in [0.25, 0.3) is 0 Å².